The van der Waals surface area contributed by atoms with E-state index in [4.69, 9.17) is 0 Å². The molecule has 1 fully saturated rings. The first-order chi connectivity index (χ1) is 10.0. The number of benzene rings is 1. The summed E-state index contributed by atoms with van der Waals surface area (Å²) in [7, 11) is -0.750. The van der Waals surface area contributed by atoms with Gasteiger partial charge in [-0.15, -0.1) is 0 Å². The maximum absolute atomic E-state index is 13.3. The van der Waals surface area contributed by atoms with Crippen LogP contribution >= 0.6 is 0 Å². The van der Waals surface area contributed by atoms with Crippen molar-refractivity contribution in [3.05, 3.63) is 35.4 Å². The van der Waals surface area contributed by atoms with Crippen LogP contribution in [0.4, 0.5) is 8.78 Å². The molecule has 1 aliphatic carbocycles. The number of hydrogen-bond acceptors (Lipinski definition) is 2. The fourth-order valence-electron chi connectivity index (χ4n) is 3.00. The van der Waals surface area contributed by atoms with Gasteiger partial charge in [-0.2, -0.15) is 0 Å². The molecule has 0 saturated heterocycles. The van der Waals surface area contributed by atoms with Gasteiger partial charge in [0.1, 0.15) is 0 Å². The highest BCUT2D eigenvalue weighted by Crippen LogP contribution is 2.25. The Kier molecular flexibility index (Phi) is 5.88. The summed E-state index contributed by atoms with van der Waals surface area (Å²) in [5.41, 5.74) is 0.743. The topological polar surface area (TPSA) is 29.1 Å². The molecule has 2 rings (SSSR count). The average Bonchev–Trinajstić information content (AvgIpc) is 2.49. The summed E-state index contributed by atoms with van der Waals surface area (Å²) in [4.78, 5) is 0. The monoisotopic (exact) mass is 315 g/mol. The summed E-state index contributed by atoms with van der Waals surface area (Å²) in [5.74, 6) is -0.924. The van der Waals surface area contributed by atoms with E-state index in [1.807, 2.05) is 13.8 Å². The maximum atomic E-state index is 13.3. The van der Waals surface area contributed by atoms with E-state index in [0.717, 1.165) is 31.2 Å². The second-order valence-electron chi connectivity index (χ2n) is 5.72. The van der Waals surface area contributed by atoms with Crippen molar-refractivity contribution < 1.29 is 13.0 Å². The molecule has 21 heavy (non-hydrogen) atoms. The third kappa shape index (κ3) is 4.33. The number of halogens is 2. The minimum absolute atomic E-state index is 0.0427. The van der Waals surface area contributed by atoms with Gasteiger partial charge in [0.15, 0.2) is 11.6 Å². The van der Waals surface area contributed by atoms with E-state index in [1.54, 1.807) is 6.07 Å². The van der Waals surface area contributed by atoms with Crippen molar-refractivity contribution in [3.8, 4) is 0 Å². The Balaban J connectivity index is 1.96. The highest BCUT2D eigenvalue weighted by Gasteiger charge is 2.26. The van der Waals surface area contributed by atoms with Crippen LogP contribution in [0.25, 0.3) is 0 Å². The minimum atomic E-state index is -0.818. The number of hydrogen-bond donors (Lipinski definition) is 1. The van der Waals surface area contributed by atoms with Gasteiger partial charge in [-0.05, 0) is 43.9 Å². The highest BCUT2D eigenvalue weighted by molar-refractivity contribution is 7.85. The predicted octanol–water partition coefficient (Wildman–Crippen LogP) is 3.70. The first-order valence-electron chi connectivity index (χ1n) is 7.59. The lowest BCUT2D eigenvalue weighted by Gasteiger charge is -2.31. The third-order valence-electron chi connectivity index (χ3n) is 4.21. The molecular weight excluding hydrogens is 292 g/mol. The number of nitrogens with one attached hydrogen (secondary N) is 1. The second-order valence-corrected chi connectivity index (χ2v) is 7.72. The molecule has 1 saturated carbocycles. The molecule has 5 heteroatoms. The van der Waals surface area contributed by atoms with E-state index in [2.05, 4.69) is 5.32 Å². The van der Waals surface area contributed by atoms with E-state index in [-0.39, 0.29) is 11.3 Å². The molecule has 0 aromatic heterocycles. The molecule has 0 amide bonds. The Morgan fingerprint density at radius 3 is 2.76 bits per heavy atom. The standard InChI is InChI=1S/C16H23F2NOS/c1-3-21(20)14-6-4-5-13(10-14)19-11(2)12-7-8-15(17)16(18)9-12/h7-9,11,13-14,19H,3-6,10H2,1-2H3. The summed E-state index contributed by atoms with van der Waals surface area (Å²) in [6.07, 6.45) is 4.04. The van der Waals surface area contributed by atoms with E-state index in [9.17, 15) is 13.0 Å². The maximum Gasteiger partial charge on any atom is 0.159 e. The molecule has 0 heterocycles. The van der Waals surface area contributed by atoms with Crippen LogP contribution in [0.2, 0.25) is 0 Å². The highest BCUT2D eigenvalue weighted by atomic mass is 32.2. The summed E-state index contributed by atoms with van der Waals surface area (Å²) >= 11 is 0. The van der Waals surface area contributed by atoms with Gasteiger partial charge in [-0.25, -0.2) is 8.78 Å². The normalized spacial score (nSPS) is 25.5. The number of rotatable bonds is 5. The van der Waals surface area contributed by atoms with Crippen molar-refractivity contribution in [1.29, 1.82) is 0 Å². The molecule has 1 aromatic carbocycles. The van der Waals surface area contributed by atoms with Gasteiger partial charge in [-0.3, -0.25) is 4.21 Å². The van der Waals surface area contributed by atoms with Crippen LogP contribution < -0.4 is 5.32 Å². The van der Waals surface area contributed by atoms with Crippen LogP contribution in [0.15, 0.2) is 18.2 Å². The molecule has 118 valence electrons. The average molecular weight is 315 g/mol. The van der Waals surface area contributed by atoms with Crippen molar-refractivity contribution in [1.82, 2.24) is 5.32 Å². The third-order valence-corrected chi connectivity index (χ3v) is 5.95. The van der Waals surface area contributed by atoms with Gasteiger partial charge in [0.05, 0.1) is 0 Å². The van der Waals surface area contributed by atoms with E-state index >= 15 is 0 Å². The minimum Gasteiger partial charge on any atom is -0.307 e. The van der Waals surface area contributed by atoms with Crippen LogP contribution in [-0.2, 0) is 10.8 Å². The molecule has 0 aliphatic heterocycles. The SMILES string of the molecule is CCS(=O)C1CCCC(NC(C)c2ccc(F)c(F)c2)C1. The van der Waals surface area contributed by atoms with Gasteiger partial charge >= 0.3 is 0 Å². The summed E-state index contributed by atoms with van der Waals surface area (Å²) in [6.45, 7) is 3.91. The first kappa shape index (κ1) is 16.6. The Labute approximate surface area is 127 Å². The largest absolute Gasteiger partial charge is 0.307 e. The fraction of sp³-hybridized carbons (Fsp3) is 0.625. The van der Waals surface area contributed by atoms with Gasteiger partial charge in [0, 0.05) is 33.9 Å². The van der Waals surface area contributed by atoms with Crippen molar-refractivity contribution in [3.63, 3.8) is 0 Å². The Hall–Kier alpha value is -0.810. The Bertz CT molecular complexity index is 509. The van der Waals surface area contributed by atoms with Gasteiger partial charge < -0.3 is 5.32 Å². The molecule has 2 nitrogen and oxygen atoms in total. The van der Waals surface area contributed by atoms with Crippen molar-refractivity contribution in [2.75, 3.05) is 5.75 Å². The molecule has 4 unspecified atom stereocenters. The Morgan fingerprint density at radius 1 is 1.33 bits per heavy atom. The van der Waals surface area contributed by atoms with E-state index < -0.39 is 22.4 Å². The quantitative estimate of drug-likeness (QED) is 0.898. The lowest BCUT2D eigenvalue weighted by atomic mass is 9.93. The summed E-state index contributed by atoms with van der Waals surface area (Å²) in [6, 6.07) is 4.28. The first-order valence-corrected chi connectivity index (χ1v) is 8.97. The molecule has 1 aliphatic rings. The zero-order chi connectivity index (χ0) is 15.4. The molecule has 1 aromatic rings. The van der Waals surface area contributed by atoms with Crippen LogP contribution in [0.3, 0.4) is 0 Å². The molecule has 1 N–H and O–H groups in total. The van der Waals surface area contributed by atoms with Crippen LogP contribution in [-0.4, -0.2) is 21.3 Å². The zero-order valence-corrected chi connectivity index (χ0v) is 13.4. The van der Waals surface area contributed by atoms with Crippen LogP contribution in [0.1, 0.15) is 51.1 Å². The molecule has 0 bridgehead atoms. The van der Waals surface area contributed by atoms with Crippen LogP contribution in [0.5, 0.6) is 0 Å². The van der Waals surface area contributed by atoms with E-state index in [0.29, 0.717) is 11.8 Å². The van der Waals surface area contributed by atoms with Crippen LogP contribution in [0, 0.1) is 11.6 Å². The molecule has 0 radical (unpaired) electrons. The van der Waals surface area contributed by atoms with Gasteiger partial charge in [0.25, 0.3) is 0 Å². The van der Waals surface area contributed by atoms with E-state index in [1.165, 1.54) is 12.1 Å². The lowest BCUT2D eigenvalue weighted by molar-refractivity contribution is 0.349. The molecule has 0 spiro atoms. The van der Waals surface area contributed by atoms with Crippen molar-refractivity contribution >= 4 is 10.8 Å². The fourth-order valence-corrected chi connectivity index (χ4v) is 4.35. The molecular formula is C16H23F2NOS. The zero-order valence-electron chi connectivity index (χ0n) is 12.6. The van der Waals surface area contributed by atoms with Crippen molar-refractivity contribution in [2.24, 2.45) is 0 Å². The molecule has 4 atom stereocenters. The lowest BCUT2D eigenvalue weighted by Crippen LogP contribution is -2.39. The summed E-state index contributed by atoms with van der Waals surface area (Å²) < 4.78 is 38.2. The van der Waals surface area contributed by atoms with Crippen molar-refractivity contribution in [2.45, 2.75) is 56.9 Å². The smallest absolute Gasteiger partial charge is 0.159 e. The summed E-state index contributed by atoms with van der Waals surface area (Å²) in [5, 5.41) is 3.73. The van der Waals surface area contributed by atoms with Gasteiger partial charge in [-0.1, -0.05) is 19.4 Å². The Morgan fingerprint density at radius 2 is 2.10 bits per heavy atom. The second kappa shape index (κ2) is 7.45. The van der Waals surface area contributed by atoms with Gasteiger partial charge in [0.2, 0.25) is 0 Å². The predicted molar refractivity (Wildman–Crippen MR) is 82.6 cm³/mol.